The Hall–Kier alpha value is -0.220. The van der Waals surface area contributed by atoms with Gasteiger partial charge >= 0.3 is 0 Å². The number of alkyl halides is 2. The second kappa shape index (κ2) is 3.66. The normalized spacial score (nSPS) is 22.8. The van der Waals surface area contributed by atoms with Gasteiger partial charge in [-0.25, -0.2) is 8.78 Å². The van der Waals surface area contributed by atoms with Gasteiger partial charge in [0.25, 0.3) is 6.43 Å². The van der Waals surface area contributed by atoms with Crippen LogP contribution in [-0.2, 0) is 0 Å². The monoisotopic (exact) mass is 178 g/mol. The van der Waals surface area contributed by atoms with Crippen LogP contribution in [-0.4, -0.2) is 36.5 Å². The number of nitrogens with two attached hydrogens (primary N) is 1. The first-order valence-electron chi connectivity index (χ1n) is 4.35. The van der Waals surface area contributed by atoms with Crippen molar-refractivity contribution in [1.82, 2.24) is 4.90 Å². The molecule has 0 spiro atoms. The molecule has 12 heavy (non-hydrogen) atoms. The highest BCUT2D eigenvalue weighted by molar-refractivity contribution is 4.99. The summed E-state index contributed by atoms with van der Waals surface area (Å²) in [5.74, 6) is 0. The molecule has 1 heterocycles. The number of nitrogens with zero attached hydrogens (tertiary/aromatic N) is 1. The fraction of sp³-hybridized carbons (Fsp3) is 1.00. The van der Waals surface area contributed by atoms with Gasteiger partial charge in [-0.15, -0.1) is 0 Å². The van der Waals surface area contributed by atoms with Gasteiger partial charge in [0.15, 0.2) is 0 Å². The van der Waals surface area contributed by atoms with Crippen molar-refractivity contribution in [1.29, 1.82) is 0 Å². The lowest BCUT2D eigenvalue weighted by molar-refractivity contribution is 0.00695. The van der Waals surface area contributed by atoms with Crippen molar-refractivity contribution in [3.8, 4) is 0 Å². The van der Waals surface area contributed by atoms with Crippen LogP contribution in [0.5, 0.6) is 0 Å². The quantitative estimate of drug-likeness (QED) is 0.697. The summed E-state index contributed by atoms with van der Waals surface area (Å²) in [6, 6.07) is 0. The minimum Gasteiger partial charge on any atom is -0.323 e. The van der Waals surface area contributed by atoms with Gasteiger partial charge in [0, 0.05) is 18.6 Å². The van der Waals surface area contributed by atoms with Gasteiger partial charge in [0.2, 0.25) is 0 Å². The van der Waals surface area contributed by atoms with Gasteiger partial charge in [-0.3, -0.25) is 4.90 Å². The standard InChI is InChI=1S/C8H16F2N2/c1-2-3-8(11)5-12(6-8)4-7(9)10/h7H,2-6,11H2,1H3. The summed E-state index contributed by atoms with van der Waals surface area (Å²) < 4.78 is 23.7. The number of halogens is 2. The van der Waals surface area contributed by atoms with Crippen molar-refractivity contribution in [2.45, 2.75) is 31.7 Å². The Balaban J connectivity index is 2.18. The Morgan fingerprint density at radius 1 is 1.50 bits per heavy atom. The maximum Gasteiger partial charge on any atom is 0.251 e. The van der Waals surface area contributed by atoms with E-state index in [-0.39, 0.29) is 12.1 Å². The van der Waals surface area contributed by atoms with Crippen molar-refractivity contribution in [3.05, 3.63) is 0 Å². The zero-order chi connectivity index (χ0) is 9.19. The lowest BCUT2D eigenvalue weighted by Crippen LogP contribution is -2.67. The molecule has 4 heteroatoms. The second-order valence-electron chi connectivity index (χ2n) is 3.67. The van der Waals surface area contributed by atoms with E-state index < -0.39 is 6.43 Å². The summed E-state index contributed by atoms with van der Waals surface area (Å²) in [6.45, 7) is 3.20. The van der Waals surface area contributed by atoms with Gasteiger partial charge in [0.05, 0.1) is 6.54 Å². The summed E-state index contributed by atoms with van der Waals surface area (Å²) in [6.07, 6.45) is -0.262. The molecule has 0 aromatic carbocycles. The molecule has 1 rings (SSSR count). The van der Waals surface area contributed by atoms with Crippen LogP contribution in [0.4, 0.5) is 8.78 Å². The van der Waals surface area contributed by atoms with Crippen molar-refractivity contribution < 1.29 is 8.78 Å². The Bertz CT molecular complexity index is 144. The Kier molecular flexibility index (Phi) is 3.01. The number of likely N-dealkylation sites (tertiary alicyclic amines) is 1. The van der Waals surface area contributed by atoms with Gasteiger partial charge in [-0.05, 0) is 6.42 Å². The van der Waals surface area contributed by atoms with Crippen LogP contribution in [0.2, 0.25) is 0 Å². The lowest BCUT2D eigenvalue weighted by Gasteiger charge is -2.47. The molecule has 0 amide bonds. The summed E-state index contributed by atoms with van der Waals surface area (Å²) >= 11 is 0. The molecule has 0 bridgehead atoms. The molecule has 0 saturated carbocycles. The van der Waals surface area contributed by atoms with Crippen LogP contribution in [0.15, 0.2) is 0 Å². The summed E-state index contributed by atoms with van der Waals surface area (Å²) in [5.41, 5.74) is 5.72. The predicted molar refractivity (Wildman–Crippen MR) is 44.3 cm³/mol. The molecule has 72 valence electrons. The maximum atomic E-state index is 11.9. The summed E-state index contributed by atoms with van der Waals surface area (Å²) in [7, 11) is 0. The van der Waals surface area contributed by atoms with E-state index in [9.17, 15) is 8.78 Å². The third-order valence-electron chi connectivity index (χ3n) is 2.22. The Morgan fingerprint density at radius 3 is 2.50 bits per heavy atom. The van der Waals surface area contributed by atoms with Crippen LogP contribution < -0.4 is 5.73 Å². The molecule has 2 nitrogen and oxygen atoms in total. The maximum absolute atomic E-state index is 11.9. The van der Waals surface area contributed by atoms with E-state index in [1.165, 1.54) is 0 Å². The first-order chi connectivity index (χ1) is 5.56. The van der Waals surface area contributed by atoms with Crippen molar-refractivity contribution in [3.63, 3.8) is 0 Å². The number of hydrogen-bond acceptors (Lipinski definition) is 2. The largest absolute Gasteiger partial charge is 0.323 e. The Morgan fingerprint density at radius 2 is 2.08 bits per heavy atom. The highest BCUT2D eigenvalue weighted by atomic mass is 19.3. The van der Waals surface area contributed by atoms with Crippen molar-refractivity contribution in [2.24, 2.45) is 5.73 Å². The van der Waals surface area contributed by atoms with Gasteiger partial charge in [0.1, 0.15) is 0 Å². The molecule has 1 saturated heterocycles. The van der Waals surface area contributed by atoms with E-state index in [0.29, 0.717) is 13.1 Å². The van der Waals surface area contributed by atoms with Crippen LogP contribution in [0.3, 0.4) is 0 Å². The van der Waals surface area contributed by atoms with E-state index in [2.05, 4.69) is 6.92 Å². The molecule has 0 aromatic heterocycles. The van der Waals surface area contributed by atoms with Gasteiger partial charge < -0.3 is 5.73 Å². The molecule has 1 aliphatic heterocycles. The lowest BCUT2D eigenvalue weighted by atomic mass is 9.86. The minimum absolute atomic E-state index is 0.122. The minimum atomic E-state index is -2.23. The van der Waals surface area contributed by atoms with Crippen LogP contribution >= 0.6 is 0 Å². The SMILES string of the molecule is CCCC1(N)CN(CC(F)F)C1. The van der Waals surface area contributed by atoms with Gasteiger partial charge in [-0.1, -0.05) is 13.3 Å². The first kappa shape index (κ1) is 9.86. The average Bonchev–Trinajstić information content (AvgIpc) is 1.83. The number of rotatable bonds is 4. The highest BCUT2D eigenvalue weighted by Gasteiger charge is 2.38. The number of hydrogen-bond donors (Lipinski definition) is 1. The van der Waals surface area contributed by atoms with Crippen molar-refractivity contribution in [2.75, 3.05) is 19.6 Å². The summed E-state index contributed by atoms with van der Waals surface area (Å²) in [5, 5.41) is 0. The van der Waals surface area contributed by atoms with Crippen LogP contribution in [0.1, 0.15) is 19.8 Å². The fourth-order valence-corrected chi connectivity index (χ4v) is 1.82. The predicted octanol–water partition coefficient (Wildman–Crippen LogP) is 1.06. The molecule has 1 fully saturated rings. The molecule has 0 aromatic rings. The van der Waals surface area contributed by atoms with Crippen LogP contribution in [0, 0.1) is 0 Å². The second-order valence-corrected chi connectivity index (χ2v) is 3.67. The van der Waals surface area contributed by atoms with E-state index in [1.54, 1.807) is 4.90 Å². The zero-order valence-corrected chi connectivity index (χ0v) is 7.39. The molecule has 2 N–H and O–H groups in total. The van der Waals surface area contributed by atoms with E-state index >= 15 is 0 Å². The highest BCUT2D eigenvalue weighted by Crippen LogP contribution is 2.23. The Labute approximate surface area is 71.7 Å². The molecule has 1 aliphatic rings. The topological polar surface area (TPSA) is 29.3 Å². The van der Waals surface area contributed by atoms with E-state index in [1.807, 2.05) is 0 Å². The molecule has 0 unspecified atom stereocenters. The summed E-state index contributed by atoms with van der Waals surface area (Å²) in [4.78, 5) is 1.71. The smallest absolute Gasteiger partial charge is 0.251 e. The molecule has 0 aliphatic carbocycles. The average molecular weight is 178 g/mol. The van der Waals surface area contributed by atoms with Crippen molar-refractivity contribution >= 4 is 0 Å². The van der Waals surface area contributed by atoms with E-state index in [0.717, 1.165) is 12.8 Å². The molecule has 0 radical (unpaired) electrons. The molecular weight excluding hydrogens is 162 g/mol. The third kappa shape index (κ3) is 2.38. The fourth-order valence-electron chi connectivity index (χ4n) is 1.82. The van der Waals surface area contributed by atoms with E-state index in [4.69, 9.17) is 5.73 Å². The zero-order valence-electron chi connectivity index (χ0n) is 7.39. The third-order valence-corrected chi connectivity index (χ3v) is 2.22. The molecule has 0 atom stereocenters. The van der Waals surface area contributed by atoms with Crippen LogP contribution in [0.25, 0.3) is 0 Å². The van der Waals surface area contributed by atoms with Gasteiger partial charge in [-0.2, -0.15) is 0 Å². The molecular formula is C8H16F2N2. The first-order valence-corrected chi connectivity index (χ1v) is 4.35.